The van der Waals surface area contributed by atoms with Crippen LogP contribution in [0.1, 0.15) is 45.7 Å². The molecule has 0 bridgehead atoms. The summed E-state index contributed by atoms with van der Waals surface area (Å²) in [5.74, 6) is -2.11. The first-order valence-corrected chi connectivity index (χ1v) is 8.35. The van der Waals surface area contributed by atoms with Crippen molar-refractivity contribution < 1.29 is 30.3 Å². The zero-order valence-electron chi connectivity index (χ0n) is 15.5. The van der Waals surface area contributed by atoms with Gasteiger partial charge in [0.2, 0.25) is 11.5 Å². The molecule has 1 unspecified atom stereocenters. The van der Waals surface area contributed by atoms with Crippen LogP contribution in [0.15, 0.2) is 24.3 Å². The lowest BCUT2D eigenvalue weighted by molar-refractivity contribution is -0.0963. The minimum atomic E-state index is -1.19. The quantitative estimate of drug-likeness (QED) is 0.495. The highest BCUT2D eigenvalue weighted by Crippen LogP contribution is 2.64. The van der Waals surface area contributed by atoms with Crippen LogP contribution >= 0.6 is 0 Å². The Balaban J connectivity index is 2.36. The molecule has 0 fully saturated rings. The summed E-state index contributed by atoms with van der Waals surface area (Å²) < 4.78 is 6.18. The van der Waals surface area contributed by atoms with Crippen LogP contribution in [0.2, 0.25) is 0 Å². The molecule has 6 heteroatoms. The summed E-state index contributed by atoms with van der Waals surface area (Å²) in [6.45, 7) is 9.64. The lowest BCUT2D eigenvalue weighted by Gasteiger charge is -2.57. The monoisotopic (exact) mass is 360 g/mol. The number of hydrogen-bond acceptors (Lipinski definition) is 6. The van der Waals surface area contributed by atoms with E-state index in [1.54, 1.807) is 13.0 Å². The van der Waals surface area contributed by atoms with E-state index in [1.807, 2.05) is 27.7 Å². The molecule has 1 heterocycles. The summed E-state index contributed by atoms with van der Waals surface area (Å²) in [4.78, 5) is 0. The Morgan fingerprint density at radius 3 is 1.73 bits per heavy atom. The molecule has 0 radical (unpaired) electrons. The van der Waals surface area contributed by atoms with E-state index in [4.69, 9.17) is 4.74 Å². The molecule has 0 amide bonds. The molecule has 26 heavy (non-hydrogen) atoms. The Labute approximate surface area is 151 Å². The van der Waals surface area contributed by atoms with Crippen LogP contribution < -0.4 is 4.74 Å². The van der Waals surface area contributed by atoms with Gasteiger partial charge in [-0.2, -0.15) is 0 Å². The summed E-state index contributed by atoms with van der Waals surface area (Å²) in [7, 11) is 0. The standard InChI is InChI=1S/C20H24O6/c1-18(2)11-7-9-13(22)16(25)17(11)26-20(5,19(18,3)4)10-6-8-12(21)15(24)14(10)23/h6-9,21-25H,1-5H3. The molecule has 2 aromatic rings. The Kier molecular flexibility index (Phi) is 3.56. The lowest BCUT2D eigenvalue weighted by atomic mass is 9.53. The topological polar surface area (TPSA) is 110 Å². The molecule has 1 atom stereocenters. The minimum Gasteiger partial charge on any atom is -0.504 e. The van der Waals surface area contributed by atoms with Crippen molar-refractivity contribution in [1.29, 1.82) is 0 Å². The number of aromatic hydroxyl groups is 5. The van der Waals surface area contributed by atoms with Gasteiger partial charge in [0.15, 0.2) is 23.0 Å². The highest BCUT2D eigenvalue weighted by Gasteiger charge is 2.59. The Morgan fingerprint density at radius 1 is 0.654 bits per heavy atom. The SMILES string of the molecule is CC1(C)c2ccc(O)c(O)c2OC(C)(c2ccc(O)c(O)c2O)C1(C)C. The maximum atomic E-state index is 10.5. The molecule has 6 nitrogen and oxygen atoms in total. The van der Waals surface area contributed by atoms with Crippen LogP contribution in [0.5, 0.6) is 34.5 Å². The van der Waals surface area contributed by atoms with Gasteiger partial charge in [-0.1, -0.05) is 33.8 Å². The number of hydrogen-bond donors (Lipinski definition) is 5. The molecule has 3 rings (SSSR count). The molecule has 2 aromatic carbocycles. The number of phenols is 5. The molecule has 0 saturated carbocycles. The zero-order chi connectivity index (χ0) is 19.7. The van der Waals surface area contributed by atoms with Crippen LogP contribution in [0.4, 0.5) is 0 Å². The Hall–Kier alpha value is -2.76. The molecule has 5 N–H and O–H groups in total. The molecule has 140 valence electrons. The summed E-state index contributed by atoms with van der Waals surface area (Å²) >= 11 is 0. The van der Waals surface area contributed by atoms with Crippen molar-refractivity contribution in [3.63, 3.8) is 0 Å². The Bertz CT molecular complexity index is 900. The van der Waals surface area contributed by atoms with Crippen LogP contribution in [-0.2, 0) is 11.0 Å². The smallest absolute Gasteiger partial charge is 0.200 e. The van der Waals surface area contributed by atoms with Crippen molar-refractivity contribution in [2.24, 2.45) is 5.41 Å². The van der Waals surface area contributed by atoms with Crippen molar-refractivity contribution in [3.8, 4) is 34.5 Å². The van der Waals surface area contributed by atoms with Crippen molar-refractivity contribution >= 4 is 0 Å². The van der Waals surface area contributed by atoms with E-state index in [9.17, 15) is 25.5 Å². The fourth-order valence-corrected chi connectivity index (χ4v) is 3.77. The number of phenolic OH excluding ortho intramolecular Hbond substituents is 5. The van der Waals surface area contributed by atoms with Crippen molar-refractivity contribution in [2.45, 2.75) is 45.6 Å². The van der Waals surface area contributed by atoms with E-state index >= 15 is 0 Å². The fraction of sp³-hybridized carbons (Fsp3) is 0.400. The maximum absolute atomic E-state index is 10.5. The first-order chi connectivity index (χ1) is 11.9. The van der Waals surface area contributed by atoms with Crippen LogP contribution in [-0.4, -0.2) is 25.5 Å². The van der Waals surface area contributed by atoms with Gasteiger partial charge in [0.05, 0.1) is 0 Å². The summed E-state index contributed by atoms with van der Waals surface area (Å²) in [5, 5.41) is 50.4. The van der Waals surface area contributed by atoms with E-state index in [0.717, 1.165) is 5.56 Å². The minimum absolute atomic E-state index is 0.129. The van der Waals surface area contributed by atoms with E-state index in [-0.39, 0.29) is 22.8 Å². The summed E-state index contributed by atoms with van der Waals surface area (Å²) in [6.07, 6.45) is 0. The third kappa shape index (κ3) is 1.98. The largest absolute Gasteiger partial charge is 0.504 e. The van der Waals surface area contributed by atoms with Crippen molar-refractivity contribution in [1.82, 2.24) is 0 Å². The zero-order valence-corrected chi connectivity index (χ0v) is 15.5. The molecular formula is C20H24O6. The number of rotatable bonds is 1. The van der Waals surface area contributed by atoms with Gasteiger partial charge >= 0.3 is 0 Å². The van der Waals surface area contributed by atoms with Gasteiger partial charge in [0.1, 0.15) is 5.60 Å². The van der Waals surface area contributed by atoms with Gasteiger partial charge in [0.25, 0.3) is 0 Å². The number of ether oxygens (including phenoxy) is 1. The van der Waals surface area contributed by atoms with Gasteiger partial charge in [-0.15, -0.1) is 0 Å². The van der Waals surface area contributed by atoms with Gasteiger partial charge in [-0.25, -0.2) is 0 Å². The first-order valence-electron chi connectivity index (χ1n) is 8.35. The van der Waals surface area contributed by atoms with E-state index < -0.39 is 33.7 Å². The normalized spacial score (nSPS) is 23.1. The predicted octanol–water partition coefficient (Wildman–Crippen LogP) is 3.83. The second-order valence-electron chi connectivity index (χ2n) is 8.02. The van der Waals surface area contributed by atoms with E-state index in [1.165, 1.54) is 18.2 Å². The van der Waals surface area contributed by atoms with E-state index in [2.05, 4.69) is 0 Å². The molecule has 0 spiro atoms. The predicted molar refractivity (Wildman–Crippen MR) is 96.0 cm³/mol. The van der Waals surface area contributed by atoms with E-state index in [0.29, 0.717) is 0 Å². The first kappa shape index (κ1) is 18.0. The lowest BCUT2D eigenvalue weighted by Crippen LogP contribution is -2.57. The summed E-state index contributed by atoms with van der Waals surface area (Å²) in [5.41, 5.74) is -1.38. The van der Waals surface area contributed by atoms with Gasteiger partial charge in [0, 0.05) is 22.0 Å². The molecule has 1 aliphatic heterocycles. The van der Waals surface area contributed by atoms with Crippen molar-refractivity contribution in [3.05, 3.63) is 35.4 Å². The van der Waals surface area contributed by atoms with Crippen LogP contribution in [0, 0.1) is 5.41 Å². The number of benzene rings is 2. The highest BCUT2D eigenvalue weighted by atomic mass is 16.5. The number of fused-ring (bicyclic) bond motifs is 1. The van der Waals surface area contributed by atoms with Crippen molar-refractivity contribution in [2.75, 3.05) is 0 Å². The molecule has 1 aliphatic rings. The Morgan fingerprint density at radius 2 is 1.15 bits per heavy atom. The van der Waals surface area contributed by atoms with Gasteiger partial charge in [-0.3, -0.25) is 0 Å². The maximum Gasteiger partial charge on any atom is 0.200 e. The van der Waals surface area contributed by atoms with Crippen LogP contribution in [0.3, 0.4) is 0 Å². The third-order valence-corrected chi connectivity index (χ3v) is 6.49. The average molecular weight is 360 g/mol. The second kappa shape index (κ2) is 5.13. The van der Waals surface area contributed by atoms with Gasteiger partial charge < -0.3 is 30.3 Å². The molecule has 0 aromatic heterocycles. The average Bonchev–Trinajstić information content (AvgIpc) is 2.55. The molecular weight excluding hydrogens is 336 g/mol. The second-order valence-corrected chi connectivity index (χ2v) is 8.02. The van der Waals surface area contributed by atoms with Crippen LogP contribution in [0.25, 0.3) is 0 Å². The third-order valence-electron chi connectivity index (χ3n) is 6.49. The highest BCUT2D eigenvalue weighted by molar-refractivity contribution is 5.61. The fourth-order valence-electron chi connectivity index (χ4n) is 3.77. The summed E-state index contributed by atoms with van der Waals surface area (Å²) in [6, 6.07) is 5.88. The van der Waals surface area contributed by atoms with Gasteiger partial charge in [-0.05, 0) is 25.1 Å². The molecule has 0 saturated heterocycles. The molecule has 0 aliphatic carbocycles.